The van der Waals surface area contributed by atoms with E-state index in [2.05, 4.69) is 11.2 Å². The third-order valence-electron chi connectivity index (χ3n) is 1.28. The number of nitrogen functional groups attached to an aromatic ring is 1. The van der Waals surface area contributed by atoms with Crippen molar-refractivity contribution in [3.05, 3.63) is 12.4 Å². The molecule has 0 radical (unpaired) electrons. The van der Waals surface area contributed by atoms with Crippen LogP contribution in [0.5, 0.6) is 0 Å². The number of hydrogen-bond acceptors (Lipinski definition) is 3. The van der Waals surface area contributed by atoms with Crippen LogP contribution >= 0.6 is 11.8 Å². The molecule has 0 unspecified atom stereocenters. The summed E-state index contributed by atoms with van der Waals surface area (Å²) in [7, 11) is 0. The number of nitrogens with zero attached hydrogens (tertiary/aromatic N) is 2. The Morgan fingerprint density at radius 3 is 3.10 bits per heavy atom. The third kappa shape index (κ3) is 1.67. The third-order valence-corrected chi connectivity index (χ3v) is 1.87. The highest BCUT2D eigenvalue weighted by molar-refractivity contribution is 7.98. The first kappa shape index (κ1) is 7.47. The van der Waals surface area contributed by atoms with E-state index in [-0.39, 0.29) is 0 Å². The lowest BCUT2D eigenvalue weighted by atomic mass is 10.7. The maximum Gasteiger partial charge on any atom is 0.200 e. The molecule has 0 aliphatic rings. The molecule has 0 spiro atoms. The molecular weight excluding hydrogens is 146 g/mol. The summed E-state index contributed by atoms with van der Waals surface area (Å²) in [5, 5.41) is 0. The van der Waals surface area contributed by atoms with Gasteiger partial charge in [-0.2, -0.15) is 11.8 Å². The predicted octanol–water partition coefficient (Wildman–Crippen LogP) is 0.828. The van der Waals surface area contributed by atoms with Gasteiger partial charge in [0.2, 0.25) is 0 Å². The van der Waals surface area contributed by atoms with Crippen molar-refractivity contribution in [2.24, 2.45) is 0 Å². The second-order valence-corrected chi connectivity index (χ2v) is 2.96. The molecule has 3 nitrogen and oxygen atoms in total. The maximum atomic E-state index is 5.52. The van der Waals surface area contributed by atoms with E-state index >= 15 is 0 Å². The molecule has 0 aliphatic carbocycles. The molecule has 0 amide bonds. The Bertz CT molecular complexity index is 197. The van der Waals surface area contributed by atoms with Gasteiger partial charge in [-0.05, 0) is 6.26 Å². The van der Waals surface area contributed by atoms with Crippen molar-refractivity contribution in [3.63, 3.8) is 0 Å². The zero-order valence-corrected chi connectivity index (χ0v) is 6.77. The first-order valence-corrected chi connectivity index (χ1v) is 4.49. The van der Waals surface area contributed by atoms with E-state index in [9.17, 15) is 0 Å². The van der Waals surface area contributed by atoms with Crippen LogP contribution in [0.3, 0.4) is 0 Å². The fourth-order valence-electron chi connectivity index (χ4n) is 0.719. The molecule has 0 saturated carbocycles. The molecule has 10 heavy (non-hydrogen) atoms. The normalized spacial score (nSPS) is 10.1. The quantitative estimate of drug-likeness (QED) is 0.706. The highest BCUT2D eigenvalue weighted by atomic mass is 32.2. The highest BCUT2D eigenvalue weighted by Gasteiger charge is 1.94. The summed E-state index contributed by atoms with van der Waals surface area (Å²) in [5.74, 6) is 1.69. The molecule has 0 fully saturated rings. The van der Waals surface area contributed by atoms with Crippen LogP contribution in [0.4, 0.5) is 5.95 Å². The van der Waals surface area contributed by atoms with Crippen LogP contribution in [0.25, 0.3) is 0 Å². The van der Waals surface area contributed by atoms with E-state index in [0.29, 0.717) is 5.95 Å². The smallest absolute Gasteiger partial charge is 0.200 e. The molecule has 1 aromatic rings. The summed E-state index contributed by atoms with van der Waals surface area (Å²) in [6, 6.07) is 0. The van der Waals surface area contributed by atoms with Crippen molar-refractivity contribution in [2.45, 2.75) is 6.54 Å². The van der Waals surface area contributed by atoms with Crippen LogP contribution < -0.4 is 5.73 Å². The first-order valence-electron chi connectivity index (χ1n) is 3.10. The zero-order valence-electron chi connectivity index (χ0n) is 5.95. The topological polar surface area (TPSA) is 43.8 Å². The van der Waals surface area contributed by atoms with Crippen LogP contribution in [0.1, 0.15) is 0 Å². The molecular formula is C6H11N3S. The Kier molecular flexibility index (Phi) is 2.62. The molecule has 4 heteroatoms. The molecule has 0 aliphatic heterocycles. The molecule has 0 aromatic carbocycles. The Balaban J connectivity index is 2.49. The minimum absolute atomic E-state index is 0.606. The van der Waals surface area contributed by atoms with E-state index < -0.39 is 0 Å². The van der Waals surface area contributed by atoms with Crippen LogP contribution in [0, 0.1) is 0 Å². The number of thioether (sulfide) groups is 1. The van der Waals surface area contributed by atoms with Crippen molar-refractivity contribution >= 4 is 17.7 Å². The molecule has 0 atom stereocenters. The Morgan fingerprint density at radius 1 is 1.80 bits per heavy atom. The summed E-state index contributed by atoms with van der Waals surface area (Å²) >= 11 is 1.80. The van der Waals surface area contributed by atoms with E-state index in [1.165, 1.54) is 0 Å². The number of imidazole rings is 1. The fourth-order valence-corrected chi connectivity index (χ4v) is 1.10. The van der Waals surface area contributed by atoms with Crippen LogP contribution in [-0.4, -0.2) is 21.6 Å². The van der Waals surface area contributed by atoms with Gasteiger partial charge in [0.05, 0.1) is 0 Å². The Labute approximate surface area is 64.6 Å². The van der Waals surface area contributed by atoms with E-state index in [1.807, 2.05) is 10.8 Å². The monoisotopic (exact) mass is 157 g/mol. The first-order chi connectivity index (χ1) is 4.84. The van der Waals surface area contributed by atoms with Crippen LogP contribution in [0.15, 0.2) is 12.4 Å². The largest absolute Gasteiger partial charge is 0.369 e. The molecule has 0 bridgehead atoms. The van der Waals surface area contributed by atoms with Gasteiger partial charge in [-0.15, -0.1) is 0 Å². The van der Waals surface area contributed by atoms with Gasteiger partial charge in [0, 0.05) is 24.7 Å². The summed E-state index contributed by atoms with van der Waals surface area (Å²) in [6.45, 7) is 0.951. The molecule has 1 rings (SSSR count). The van der Waals surface area contributed by atoms with Gasteiger partial charge >= 0.3 is 0 Å². The lowest BCUT2D eigenvalue weighted by Crippen LogP contribution is -2.03. The van der Waals surface area contributed by atoms with Gasteiger partial charge in [-0.1, -0.05) is 0 Å². The summed E-state index contributed by atoms with van der Waals surface area (Å²) in [4.78, 5) is 3.90. The molecule has 1 heterocycles. The maximum absolute atomic E-state index is 5.52. The van der Waals surface area contributed by atoms with E-state index in [1.54, 1.807) is 18.0 Å². The van der Waals surface area contributed by atoms with E-state index in [4.69, 9.17) is 5.73 Å². The molecule has 56 valence electrons. The van der Waals surface area contributed by atoms with Gasteiger partial charge in [0.1, 0.15) is 0 Å². The average Bonchev–Trinajstić information content (AvgIpc) is 2.31. The molecule has 2 N–H and O–H groups in total. The second kappa shape index (κ2) is 3.51. The number of aryl methyl sites for hydroxylation is 1. The standard InChI is InChI=1S/C6H11N3S/c1-10-5-4-9-3-2-8-6(9)7/h2-3H,4-5H2,1H3,(H2,7,8). The van der Waals surface area contributed by atoms with E-state index in [0.717, 1.165) is 12.3 Å². The lowest BCUT2D eigenvalue weighted by Gasteiger charge is -2.00. The number of aromatic nitrogens is 2. The SMILES string of the molecule is CSCCn1ccnc1N. The second-order valence-electron chi connectivity index (χ2n) is 1.97. The fraction of sp³-hybridized carbons (Fsp3) is 0.500. The summed E-state index contributed by atoms with van der Waals surface area (Å²) in [6.07, 6.45) is 5.69. The van der Waals surface area contributed by atoms with Gasteiger partial charge in [-0.3, -0.25) is 0 Å². The summed E-state index contributed by atoms with van der Waals surface area (Å²) in [5.41, 5.74) is 5.52. The minimum Gasteiger partial charge on any atom is -0.369 e. The van der Waals surface area contributed by atoms with Crippen molar-refractivity contribution in [1.82, 2.24) is 9.55 Å². The molecule has 1 aromatic heterocycles. The Hall–Kier alpha value is -0.640. The minimum atomic E-state index is 0.606. The van der Waals surface area contributed by atoms with Gasteiger partial charge in [0.15, 0.2) is 5.95 Å². The lowest BCUT2D eigenvalue weighted by molar-refractivity contribution is 0.784. The molecule has 0 saturated heterocycles. The van der Waals surface area contributed by atoms with Crippen molar-refractivity contribution in [2.75, 3.05) is 17.7 Å². The predicted molar refractivity (Wildman–Crippen MR) is 45.0 cm³/mol. The van der Waals surface area contributed by atoms with Gasteiger partial charge in [-0.25, -0.2) is 4.98 Å². The summed E-state index contributed by atoms with van der Waals surface area (Å²) < 4.78 is 1.94. The van der Waals surface area contributed by atoms with Crippen molar-refractivity contribution in [3.8, 4) is 0 Å². The zero-order chi connectivity index (χ0) is 7.40. The number of nitrogens with two attached hydrogens (primary N) is 1. The van der Waals surface area contributed by atoms with Gasteiger partial charge < -0.3 is 10.3 Å². The van der Waals surface area contributed by atoms with Crippen molar-refractivity contribution in [1.29, 1.82) is 0 Å². The number of rotatable bonds is 3. The van der Waals surface area contributed by atoms with Crippen LogP contribution in [-0.2, 0) is 6.54 Å². The average molecular weight is 157 g/mol. The number of hydrogen-bond donors (Lipinski definition) is 1. The van der Waals surface area contributed by atoms with Gasteiger partial charge in [0.25, 0.3) is 0 Å². The number of anilines is 1. The van der Waals surface area contributed by atoms with Crippen molar-refractivity contribution < 1.29 is 0 Å². The Morgan fingerprint density at radius 2 is 2.60 bits per heavy atom. The van der Waals surface area contributed by atoms with Crippen LogP contribution in [0.2, 0.25) is 0 Å². The highest BCUT2D eigenvalue weighted by Crippen LogP contribution is 2.00.